The maximum atomic E-state index is 13.2. The van der Waals surface area contributed by atoms with Gasteiger partial charge in [-0.3, -0.25) is 4.99 Å². The first-order valence-corrected chi connectivity index (χ1v) is 9.28. The molecule has 0 spiro atoms. The number of morpholine rings is 1. The highest BCUT2D eigenvalue weighted by Gasteiger charge is 2.28. The van der Waals surface area contributed by atoms with Crippen LogP contribution in [0.3, 0.4) is 0 Å². The van der Waals surface area contributed by atoms with E-state index in [0.29, 0.717) is 19.0 Å². The van der Waals surface area contributed by atoms with Crippen LogP contribution in [0.5, 0.6) is 0 Å². The summed E-state index contributed by atoms with van der Waals surface area (Å²) in [6.07, 6.45) is -0.101. The van der Waals surface area contributed by atoms with Crippen molar-refractivity contribution in [1.82, 2.24) is 15.4 Å². The van der Waals surface area contributed by atoms with Crippen molar-refractivity contribution in [1.29, 1.82) is 0 Å². The maximum Gasteiger partial charge on any atom is 0.194 e. The zero-order chi connectivity index (χ0) is 19.4. The van der Waals surface area contributed by atoms with Crippen molar-refractivity contribution in [2.75, 3.05) is 20.1 Å². The summed E-state index contributed by atoms with van der Waals surface area (Å²) in [5.41, 5.74) is 1.90. The number of halogens is 2. The molecule has 1 aromatic carbocycles. The van der Waals surface area contributed by atoms with Gasteiger partial charge in [0.25, 0.3) is 0 Å². The molecular formula is C20H28FIN4O2. The molecule has 1 aliphatic rings. The molecule has 0 amide bonds. The van der Waals surface area contributed by atoms with Gasteiger partial charge in [0.15, 0.2) is 11.7 Å². The van der Waals surface area contributed by atoms with Gasteiger partial charge in [0.2, 0.25) is 0 Å². The van der Waals surface area contributed by atoms with E-state index in [1.54, 1.807) is 19.2 Å². The monoisotopic (exact) mass is 502 g/mol. The molecule has 28 heavy (non-hydrogen) atoms. The molecule has 8 heteroatoms. The quantitative estimate of drug-likeness (QED) is 0.388. The van der Waals surface area contributed by atoms with E-state index in [-0.39, 0.29) is 42.0 Å². The third-order valence-corrected chi connectivity index (χ3v) is 4.60. The SMILES string of the molecule is CN=C(NCc1cc(C(C)C)no1)N1CC(C)OC(c2ccc(F)cc2)C1.I. The molecule has 2 aromatic rings. The summed E-state index contributed by atoms with van der Waals surface area (Å²) in [7, 11) is 1.76. The van der Waals surface area contributed by atoms with Gasteiger partial charge in [-0.25, -0.2) is 4.39 Å². The first-order valence-electron chi connectivity index (χ1n) is 9.28. The van der Waals surface area contributed by atoms with Gasteiger partial charge in [-0.2, -0.15) is 0 Å². The molecule has 2 unspecified atom stereocenters. The highest BCUT2D eigenvalue weighted by atomic mass is 127. The fourth-order valence-electron chi connectivity index (χ4n) is 3.17. The molecule has 0 radical (unpaired) electrons. The van der Waals surface area contributed by atoms with Crippen LogP contribution in [0.15, 0.2) is 39.8 Å². The van der Waals surface area contributed by atoms with Crippen LogP contribution in [0.25, 0.3) is 0 Å². The second-order valence-electron chi connectivity index (χ2n) is 7.17. The molecule has 0 aliphatic carbocycles. The minimum Gasteiger partial charge on any atom is -0.367 e. The largest absolute Gasteiger partial charge is 0.367 e. The van der Waals surface area contributed by atoms with Crippen LogP contribution in [-0.4, -0.2) is 42.3 Å². The molecule has 1 saturated heterocycles. The molecular weight excluding hydrogens is 474 g/mol. The fourth-order valence-corrected chi connectivity index (χ4v) is 3.17. The maximum absolute atomic E-state index is 13.2. The molecule has 6 nitrogen and oxygen atoms in total. The van der Waals surface area contributed by atoms with E-state index in [0.717, 1.165) is 29.5 Å². The average Bonchev–Trinajstić information content (AvgIpc) is 3.12. The van der Waals surface area contributed by atoms with Gasteiger partial charge in [0, 0.05) is 19.7 Å². The second-order valence-corrected chi connectivity index (χ2v) is 7.17. The Labute approximate surface area is 182 Å². The first kappa shape index (κ1) is 22.6. The van der Waals surface area contributed by atoms with Gasteiger partial charge in [-0.1, -0.05) is 31.1 Å². The van der Waals surface area contributed by atoms with Crippen molar-refractivity contribution >= 4 is 29.9 Å². The van der Waals surface area contributed by atoms with E-state index in [1.165, 1.54) is 12.1 Å². The highest BCUT2D eigenvalue weighted by Crippen LogP contribution is 2.25. The summed E-state index contributed by atoms with van der Waals surface area (Å²) in [4.78, 5) is 6.55. The molecule has 3 rings (SSSR count). The number of benzene rings is 1. The minimum absolute atomic E-state index is 0. The Morgan fingerprint density at radius 2 is 2.04 bits per heavy atom. The Morgan fingerprint density at radius 3 is 2.64 bits per heavy atom. The Bertz CT molecular complexity index is 779. The predicted molar refractivity (Wildman–Crippen MR) is 117 cm³/mol. The Morgan fingerprint density at radius 1 is 1.32 bits per heavy atom. The standard InChI is InChI=1S/C20H27FN4O2.HI/c1-13(2)18-9-17(27-24-18)10-23-20(22-4)25-11-14(3)26-19(12-25)15-5-7-16(21)8-6-15;/h5-9,13-14,19H,10-12H2,1-4H3,(H,22,23);1H. The molecule has 2 atom stereocenters. The van der Waals surface area contributed by atoms with E-state index < -0.39 is 0 Å². The van der Waals surface area contributed by atoms with Gasteiger partial charge in [0.05, 0.1) is 24.9 Å². The van der Waals surface area contributed by atoms with E-state index in [9.17, 15) is 4.39 Å². The zero-order valence-electron chi connectivity index (χ0n) is 16.7. The summed E-state index contributed by atoms with van der Waals surface area (Å²) < 4.78 is 24.6. The summed E-state index contributed by atoms with van der Waals surface area (Å²) in [5, 5.41) is 7.42. The Hall–Kier alpha value is -1.68. The molecule has 154 valence electrons. The third-order valence-electron chi connectivity index (χ3n) is 4.60. The summed E-state index contributed by atoms with van der Waals surface area (Å²) >= 11 is 0. The van der Waals surface area contributed by atoms with Crippen LogP contribution in [0.2, 0.25) is 0 Å². The van der Waals surface area contributed by atoms with Crippen molar-refractivity contribution in [3.63, 3.8) is 0 Å². The molecule has 1 aliphatic heterocycles. The average molecular weight is 502 g/mol. The number of hydrogen-bond acceptors (Lipinski definition) is 4. The lowest BCUT2D eigenvalue weighted by atomic mass is 10.1. The van der Waals surface area contributed by atoms with Crippen LogP contribution in [-0.2, 0) is 11.3 Å². The predicted octanol–water partition coefficient (Wildman–Crippen LogP) is 4.09. The minimum atomic E-state index is -0.246. The van der Waals surface area contributed by atoms with Crippen LogP contribution >= 0.6 is 24.0 Å². The van der Waals surface area contributed by atoms with Crippen LogP contribution in [0, 0.1) is 5.82 Å². The topological polar surface area (TPSA) is 62.9 Å². The van der Waals surface area contributed by atoms with E-state index in [4.69, 9.17) is 9.26 Å². The Balaban J connectivity index is 0.00000280. The number of rotatable bonds is 4. The van der Waals surface area contributed by atoms with Crippen LogP contribution < -0.4 is 5.32 Å². The second kappa shape index (κ2) is 10.2. The molecule has 1 fully saturated rings. The number of nitrogens with one attached hydrogen (secondary N) is 1. The molecule has 0 bridgehead atoms. The van der Waals surface area contributed by atoms with Crippen molar-refractivity contribution in [2.24, 2.45) is 4.99 Å². The number of ether oxygens (including phenoxy) is 1. The summed E-state index contributed by atoms with van der Waals surface area (Å²) in [6.45, 7) is 8.08. The number of aliphatic imine (C=N–C) groups is 1. The van der Waals surface area contributed by atoms with Crippen molar-refractivity contribution < 1.29 is 13.7 Å². The number of hydrogen-bond donors (Lipinski definition) is 1. The lowest BCUT2D eigenvalue weighted by Gasteiger charge is -2.38. The molecule has 0 saturated carbocycles. The van der Waals surface area contributed by atoms with Gasteiger partial charge in [-0.05, 0) is 30.5 Å². The van der Waals surface area contributed by atoms with E-state index >= 15 is 0 Å². The lowest BCUT2D eigenvalue weighted by molar-refractivity contribution is -0.0605. The fraction of sp³-hybridized carbons (Fsp3) is 0.500. The summed E-state index contributed by atoms with van der Waals surface area (Å²) in [6, 6.07) is 8.44. The molecule has 1 aromatic heterocycles. The number of guanidine groups is 1. The molecule has 2 heterocycles. The first-order chi connectivity index (χ1) is 13.0. The Kier molecular flexibility index (Phi) is 8.23. The van der Waals surface area contributed by atoms with Gasteiger partial charge < -0.3 is 19.5 Å². The number of nitrogens with zero attached hydrogens (tertiary/aromatic N) is 3. The third kappa shape index (κ3) is 5.66. The number of aromatic nitrogens is 1. The highest BCUT2D eigenvalue weighted by molar-refractivity contribution is 14.0. The normalized spacial score (nSPS) is 20.2. The van der Waals surface area contributed by atoms with Crippen LogP contribution in [0.1, 0.15) is 49.8 Å². The molecule has 1 N–H and O–H groups in total. The van der Waals surface area contributed by atoms with Crippen molar-refractivity contribution in [3.8, 4) is 0 Å². The van der Waals surface area contributed by atoms with Gasteiger partial charge >= 0.3 is 0 Å². The van der Waals surface area contributed by atoms with Crippen LogP contribution in [0.4, 0.5) is 4.39 Å². The van der Waals surface area contributed by atoms with E-state index in [1.807, 2.05) is 13.0 Å². The lowest BCUT2D eigenvalue weighted by Crippen LogP contribution is -2.50. The summed E-state index contributed by atoms with van der Waals surface area (Å²) in [5.74, 6) is 1.64. The van der Waals surface area contributed by atoms with Crippen molar-refractivity contribution in [3.05, 3.63) is 53.2 Å². The zero-order valence-corrected chi connectivity index (χ0v) is 19.0. The van der Waals surface area contributed by atoms with Gasteiger partial charge in [-0.15, -0.1) is 24.0 Å². The van der Waals surface area contributed by atoms with Crippen molar-refractivity contribution in [2.45, 2.75) is 45.4 Å². The van der Waals surface area contributed by atoms with E-state index in [2.05, 4.69) is 34.2 Å². The smallest absolute Gasteiger partial charge is 0.194 e. The van der Waals surface area contributed by atoms with Gasteiger partial charge in [0.1, 0.15) is 11.9 Å².